The standard InChI is InChI=1S/C15H16BrNO2/c1-2-7-18-14-8-12(17)9-15(10-14)19-13-5-3-11(16)4-6-13/h3-6,8-10H,2,7,17H2,1H3. The Bertz CT molecular complexity index is 540. The van der Waals surface area contributed by atoms with Crippen molar-refractivity contribution in [3.63, 3.8) is 0 Å². The van der Waals surface area contributed by atoms with Crippen LogP contribution in [0.3, 0.4) is 0 Å². The first-order chi connectivity index (χ1) is 9.17. The van der Waals surface area contributed by atoms with Gasteiger partial charge >= 0.3 is 0 Å². The van der Waals surface area contributed by atoms with Crippen LogP contribution in [-0.2, 0) is 0 Å². The van der Waals surface area contributed by atoms with Gasteiger partial charge in [0.1, 0.15) is 17.2 Å². The third-order valence-electron chi connectivity index (χ3n) is 2.42. The van der Waals surface area contributed by atoms with Gasteiger partial charge in [-0.15, -0.1) is 0 Å². The van der Waals surface area contributed by atoms with Crippen molar-refractivity contribution in [3.8, 4) is 17.2 Å². The lowest BCUT2D eigenvalue weighted by molar-refractivity contribution is 0.316. The van der Waals surface area contributed by atoms with E-state index in [0.29, 0.717) is 18.0 Å². The number of hydrogen-bond donors (Lipinski definition) is 1. The molecule has 0 spiro atoms. The van der Waals surface area contributed by atoms with Crippen molar-refractivity contribution >= 4 is 21.6 Å². The molecule has 0 aliphatic rings. The minimum atomic E-state index is 0.626. The number of nitrogens with two attached hydrogens (primary N) is 1. The second kappa shape index (κ2) is 6.48. The van der Waals surface area contributed by atoms with Gasteiger partial charge in [-0.2, -0.15) is 0 Å². The first-order valence-electron chi connectivity index (χ1n) is 6.14. The van der Waals surface area contributed by atoms with Gasteiger partial charge in [0.15, 0.2) is 0 Å². The van der Waals surface area contributed by atoms with Gasteiger partial charge in [-0.3, -0.25) is 0 Å². The molecular weight excluding hydrogens is 306 g/mol. The van der Waals surface area contributed by atoms with E-state index in [1.165, 1.54) is 0 Å². The molecule has 100 valence electrons. The number of benzene rings is 2. The monoisotopic (exact) mass is 321 g/mol. The third kappa shape index (κ3) is 4.17. The molecular formula is C15H16BrNO2. The van der Waals surface area contributed by atoms with Gasteiger partial charge in [-0.25, -0.2) is 0 Å². The predicted molar refractivity (Wildman–Crippen MR) is 80.9 cm³/mol. The van der Waals surface area contributed by atoms with Crippen LogP contribution in [0.2, 0.25) is 0 Å². The summed E-state index contributed by atoms with van der Waals surface area (Å²) in [5, 5.41) is 0. The number of ether oxygens (including phenoxy) is 2. The molecule has 0 bridgehead atoms. The lowest BCUT2D eigenvalue weighted by Gasteiger charge is -2.10. The fourth-order valence-electron chi connectivity index (χ4n) is 1.59. The number of anilines is 1. The average Bonchev–Trinajstić information content (AvgIpc) is 2.38. The quantitative estimate of drug-likeness (QED) is 0.818. The summed E-state index contributed by atoms with van der Waals surface area (Å²) >= 11 is 3.39. The molecule has 2 aromatic carbocycles. The lowest BCUT2D eigenvalue weighted by Crippen LogP contribution is -1.97. The molecule has 0 aromatic heterocycles. The smallest absolute Gasteiger partial charge is 0.133 e. The fourth-order valence-corrected chi connectivity index (χ4v) is 1.86. The van der Waals surface area contributed by atoms with Crippen LogP contribution in [0.15, 0.2) is 46.9 Å². The number of rotatable bonds is 5. The number of hydrogen-bond acceptors (Lipinski definition) is 3. The van der Waals surface area contributed by atoms with E-state index in [9.17, 15) is 0 Å². The van der Waals surface area contributed by atoms with Crippen molar-refractivity contribution in [3.05, 3.63) is 46.9 Å². The van der Waals surface area contributed by atoms with Crippen LogP contribution in [0.5, 0.6) is 17.2 Å². The Morgan fingerprint density at radius 2 is 1.68 bits per heavy atom. The molecule has 0 amide bonds. The Balaban J connectivity index is 2.15. The topological polar surface area (TPSA) is 44.5 Å². The lowest BCUT2D eigenvalue weighted by atomic mass is 10.3. The molecule has 0 saturated heterocycles. The summed E-state index contributed by atoms with van der Waals surface area (Å²) in [7, 11) is 0. The summed E-state index contributed by atoms with van der Waals surface area (Å²) in [5.41, 5.74) is 6.47. The van der Waals surface area contributed by atoms with Crippen LogP contribution in [0.25, 0.3) is 0 Å². The summed E-state index contributed by atoms with van der Waals surface area (Å²) in [6.45, 7) is 2.73. The molecule has 0 saturated carbocycles. The zero-order chi connectivity index (χ0) is 13.7. The van der Waals surface area contributed by atoms with Crippen LogP contribution in [0.1, 0.15) is 13.3 Å². The van der Waals surface area contributed by atoms with E-state index >= 15 is 0 Å². The highest BCUT2D eigenvalue weighted by molar-refractivity contribution is 9.10. The van der Waals surface area contributed by atoms with Crippen molar-refractivity contribution in [2.45, 2.75) is 13.3 Å². The molecule has 0 fully saturated rings. The third-order valence-corrected chi connectivity index (χ3v) is 2.95. The zero-order valence-corrected chi connectivity index (χ0v) is 12.3. The van der Waals surface area contributed by atoms with Crippen molar-refractivity contribution in [2.75, 3.05) is 12.3 Å². The van der Waals surface area contributed by atoms with Gasteiger partial charge in [0, 0.05) is 28.4 Å². The van der Waals surface area contributed by atoms with Gasteiger partial charge in [0.2, 0.25) is 0 Å². The highest BCUT2D eigenvalue weighted by Gasteiger charge is 2.03. The molecule has 2 aromatic rings. The van der Waals surface area contributed by atoms with Crippen LogP contribution < -0.4 is 15.2 Å². The minimum Gasteiger partial charge on any atom is -0.493 e. The maximum absolute atomic E-state index is 5.84. The molecule has 2 N–H and O–H groups in total. The molecule has 2 rings (SSSR count). The molecule has 0 aliphatic carbocycles. The summed E-state index contributed by atoms with van der Waals surface area (Å²) < 4.78 is 12.3. The van der Waals surface area contributed by atoms with Crippen molar-refractivity contribution in [1.82, 2.24) is 0 Å². The molecule has 0 heterocycles. The Labute approximate surface area is 121 Å². The summed E-state index contributed by atoms with van der Waals surface area (Å²) in [5.74, 6) is 2.16. The summed E-state index contributed by atoms with van der Waals surface area (Å²) in [6.07, 6.45) is 0.956. The van der Waals surface area contributed by atoms with Gasteiger partial charge < -0.3 is 15.2 Å². The van der Waals surface area contributed by atoms with Gasteiger partial charge in [0.05, 0.1) is 6.61 Å². The van der Waals surface area contributed by atoms with E-state index < -0.39 is 0 Å². The molecule has 4 heteroatoms. The number of nitrogen functional groups attached to an aromatic ring is 1. The maximum atomic E-state index is 5.84. The molecule has 19 heavy (non-hydrogen) atoms. The SMILES string of the molecule is CCCOc1cc(N)cc(Oc2ccc(Br)cc2)c1. The molecule has 0 radical (unpaired) electrons. The predicted octanol–water partition coefficient (Wildman–Crippen LogP) is 4.61. The van der Waals surface area contributed by atoms with Crippen LogP contribution in [-0.4, -0.2) is 6.61 Å². The molecule has 3 nitrogen and oxygen atoms in total. The summed E-state index contributed by atoms with van der Waals surface area (Å²) in [4.78, 5) is 0. The Morgan fingerprint density at radius 3 is 2.37 bits per heavy atom. The fraction of sp³-hybridized carbons (Fsp3) is 0.200. The summed E-state index contributed by atoms with van der Waals surface area (Å²) in [6, 6.07) is 13.0. The van der Waals surface area contributed by atoms with Gasteiger partial charge in [-0.1, -0.05) is 22.9 Å². The highest BCUT2D eigenvalue weighted by Crippen LogP contribution is 2.29. The maximum Gasteiger partial charge on any atom is 0.133 e. The van der Waals surface area contributed by atoms with Gasteiger partial charge in [0.25, 0.3) is 0 Å². The van der Waals surface area contributed by atoms with E-state index in [1.807, 2.05) is 30.3 Å². The number of halogens is 1. The van der Waals surface area contributed by atoms with Crippen molar-refractivity contribution in [1.29, 1.82) is 0 Å². The molecule has 0 aliphatic heterocycles. The largest absolute Gasteiger partial charge is 0.493 e. The second-order valence-electron chi connectivity index (χ2n) is 4.14. The second-order valence-corrected chi connectivity index (χ2v) is 5.06. The van der Waals surface area contributed by atoms with E-state index in [0.717, 1.165) is 22.4 Å². The Hall–Kier alpha value is -1.68. The van der Waals surface area contributed by atoms with Crippen LogP contribution >= 0.6 is 15.9 Å². The molecule has 0 atom stereocenters. The Morgan fingerprint density at radius 1 is 1.00 bits per heavy atom. The van der Waals surface area contributed by atoms with E-state index in [1.54, 1.807) is 12.1 Å². The van der Waals surface area contributed by atoms with E-state index in [2.05, 4.69) is 22.9 Å². The van der Waals surface area contributed by atoms with E-state index in [-0.39, 0.29) is 0 Å². The van der Waals surface area contributed by atoms with Gasteiger partial charge in [-0.05, 0) is 30.7 Å². The highest BCUT2D eigenvalue weighted by atomic mass is 79.9. The van der Waals surface area contributed by atoms with Crippen LogP contribution in [0.4, 0.5) is 5.69 Å². The first-order valence-corrected chi connectivity index (χ1v) is 6.93. The molecule has 0 unspecified atom stereocenters. The first kappa shape index (κ1) is 13.7. The minimum absolute atomic E-state index is 0.626. The van der Waals surface area contributed by atoms with E-state index in [4.69, 9.17) is 15.2 Å². The average molecular weight is 322 g/mol. The normalized spacial score (nSPS) is 10.2. The van der Waals surface area contributed by atoms with Crippen LogP contribution in [0, 0.1) is 0 Å². The Kier molecular flexibility index (Phi) is 4.68. The van der Waals surface area contributed by atoms with Crippen molar-refractivity contribution in [2.24, 2.45) is 0 Å². The van der Waals surface area contributed by atoms with Crippen molar-refractivity contribution < 1.29 is 9.47 Å². The zero-order valence-electron chi connectivity index (χ0n) is 10.7.